The quantitative estimate of drug-likeness (QED) is 0.366. The van der Waals surface area contributed by atoms with E-state index in [9.17, 15) is 9.90 Å². The number of likely N-dealkylation sites (tertiary alicyclic amines) is 1. The SMILES string of the molecule is CC=CN1CCCC(c2nc(-c3ccc(Oc4cc(C(=O)O)ccn4)c(Cl)c3)n3c(N)nccc23)C1. The van der Waals surface area contributed by atoms with Gasteiger partial charge in [-0.15, -0.1) is 0 Å². The molecule has 1 unspecified atom stereocenters. The summed E-state index contributed by atoms with van der Waals surface area (Å²) in [4.78, 5) is 26.9. The number of nitrogen functional groups attached to an aromatic ring is 1. The van der Waals surface area contributed by atoms with Gasteiger partial charge < -0.3 is 20.5 Å². The van der Waals surface area contributed by atoms with Crippen LogP contribution < -0.4 is 10.5 Å². The summed E-state index contributed by atoms with van der Waals surface area (Å²) in [7, 11) is 0. The summed E-state index contributed by atoms with van der Waals surface area (Å²) >= 11 is 6.56. The van der Waals surface area contributed by atoms with E-state index in [2.05, 4.69) is 27.1 Å². The second-order valence-corrected chi connectivity index (χ2v) is 9.00. The molecular formula is C26H25ClN6O3. The lowest BCUT2D eigenvalue weighted by Crippen LogP contribution is -2.30. The molecule has 1 aromatic carbocycles. The second-order valence-electron chi connectivity index (χ2n) is 8.60. The first-order valence-corrected chi connectivity index (χ1v) is 12.0. The molecule has 184 valence electrons. The maximum Gasteiger partial charge on any atom is 0.335 e. The molecule has 1 saturated heterocycles. The van der Waals surface area contributed by atoms with Crippen LogP contribution in [0.2, 0.25) is 5.02 Å². The Morgan fingerprint density at radius 2 is 2.06 bits per heavy atom. The maximum atomic E-state index is 11.2. The van der Waals surface area contributed by atoms with E-state index < -0.39 is 5.97 Å². The van der Waals surface area contributed by atoms with Crippen LogP contribution in [0.15, 0.2) is 61.1 Å². The number of pyridine rings is 1. The highest BCUT2D eigenvalue weighted by Crippen LogP contribution is 2.36. The third kappa shape index (κ3) is 4.57. The van der Waals surface area contributed by atoms with Crippen LogP contribution in [-0.2, 0) is 0 Å². The molecule has 10 heteroatoms. The number of ether oxygens (including phenoxy) is 1. The average Bonchev–Trinajstić information content (AvgIpc) is 3.27. The monoisotopic (exact) mass is 504 g/mol. The van der Waals surface area contributed by atoms with Crippen molar-refractivity contribution in [3.8, 4) is 23.0 Å². The van der Waals surface area contributed by atoms with Crippen LogP contribution in [-0.4, -0.2) is 48.4 Å². The third-order valence-corrected chi connectivity index (χ3v) is 6.49. The molecule has 4 heterocycles. The van der Waals surface area contributed by atoms with Gasteiger partial charge in [0, 0.05) is 43.0 Å². The number of nitrogens with zero attached hydrogens (tertiary/aromatic N) is 5. The number of aromatic carboxylic acids is 1. The van der Waals surface area contributed by atoms with E-state index in [1.807, 2.05) is 23.5 Å². The van der Waals surface area contributed by atoms with Crippen LogP contribution in [0.3, 0.4) is 0 Å². The highest BCUT2D eigenvalue weighted by Gasteiger charge is 2.26. The predicted octanol–water partition coefficient (Wildman–Crippen LogP) is 5.23. The van der Waals surface area contributed by atoms with E-state index in [-0.39, 0.29) is 17.4 Å². The highest BCUT2D eigenvalue weighted by molar-refractivity contribution is 6.32. The van der Waals surface area contributed by atoms with Gasteiger partial charge in [-0.3, -0.25) is 4.40 Å². The first kappa shape index (κ1) is 23.6. The van der Waals surface area contributed by atoms with Crippen molar-refractivity contribution in [3.05, 3.63) is 77.3 Å². The molecule has 5 rings (SSSR count). The summed E-state index contributed by atoms with van der Waals surface area (Å²) in [6, 6.07) is 9.96. The van der Waals surface area contributed by atoms with Gasteiger partial charge in [0.2, 0.25) is 11.8 Å². The number of imidazole rings is 1. The molecule has 3 N–H and O–H groups in total. The van der Waals surface area contributed by atoms with Gasteiger partial charge >= 0.3 is 5.97 Å². The molecule has 0 saturated carbocycles. The number of allylic oxidation sites excluding steroid dienone is 1. The Labute approximate surface area is 212 Å². The lowest BCUT2D eigenvalue weighted by atomic mass is 9.94. The van der Waals surface area contributed by atoms with Gasteiger partial charge in [0.05, 0.1) is 21.8 Å². The van der Waals surface area contributed by atoms with E-state index in [4.69, 9.17) is 27.1 Å². The molecule has 0 radical (unpaired) electrons. The minimum atomic E-state index is -1.07. The third-order valence-electron chi connectivity index (χ3n) is 6.20. The molecular weight excluding hydrogens is 480 g/mol. The second kappa shape index (κ2) is 9.87. The zero-order valence-corrected chi connectivity index (χ0v) is 20.4. The number of hydrogen-bond acceptors (Lipinski definition) is 7. The fourth-order valence-electron chi connectivity index (χ4n) is 4.59. The maximum absolute atomic E-state index is 11.2. The summed E-state index contributed by atoms with van der Waals surface area (Å²) < 4.78 is 7.61. The van der Waals surface area contributed by atoms with Gasteiger partial charge in [-0.05, 0) is 56.3 Å². The van der Waals surface area contributed by atoms with Crippen molar-refractivity contribution in [1.82, 2.24) is 24.3 Å². The van der Waals surface area contributed by atoms with Crippen molar-refractivity contribution >= 4 is 29.0 Å². The lowest BCUT2D eigenvalue weighted by Gasteiger charge is -2.31. The van der Waals surface area contributed by atoms with Crippen LogP contribution in [0.1, 0.15) is 41.7 Å². The number of nitrogens with two attached hydrogens (primary N) is 1. The number of carbonyl (C=O) groups is 1. The number of aromatic nitrogens is 4. The molecule has 1 atom stereocenters. The molecule has 4 aromatic rings. The lowest BCUT2D eigenvalue weighted by molar-refractivity contribution is 0.0696. The van der Waals surface area contributed by atoms with Crippen LogP contribution in [0.5, 0.6) is 11.6 Å². The Kier molecular flexibility index (Phi) is 6.47. The van der Waals surface area contributed by atoms with Crippen molar-refractivity contribution < 1.29 is 14.6 Å². The van der Waals surface area contributed by atoms with Crippen molar-refractivity contribution in [1.29, 1.82) is 0 Å². The number of halogens is 1. The van der Waals surface area contributed by atoms with Crippen molar-refractivity contribution in [2.75, 3.05) is 18.8 Å². The number of rotatable bonds is 6. The minimum absolute atomic E-state index is 0.0720. The van der Waals surface area contributed by atoms with Crippen molar-refractivity contribution in [3.63, 3.8) is 0 Å². The van der Waals surface area contributed by atoms with Gasteiger partial charge in [0.25, 0.3) is 0 Å². The Hall–Kier alpha value is -4.11. The standard InChI is InChI=1S/C26H25ClN6O3/c1-2-11-32-12-3-4-18(15-32)23-20-8-10-30-26(28)33(20)24(31-23)16-5-6-21(19(27)13-16)36-22-14-17(25(34)35)7-9-29-22/h2,5-11,13-14,18H,3-4,12,15H2,1H3,(H2,28,30)(H,34,35). The molecule has 1 aliphatic rings. The molecule has 1 aliphatic heterocycles. The fraction of sp³-hybridized carbons (Fsp3) is 0.231. The van der Waals surface area contributed by atoms with E-state index in [1.54, 1.807) is 18.3 Å². The van der Waals surface area contributed by atoms with Crippen LogP contribution in [0, 0.1) is 0 Å². The molecule has 0 spiro atoms. The number of benzene rings is 1. The smallest absolute Gasteiger partial charge is 0.335 e. The molecule has 1 fully saturated rings. The first-order valence-electron chi connectivity index (χ1n) is 11.6. The van der Waals surface area contributed by atoms with Gasteiger partial charge in [-0.1, -0.05) is 17.7 Å². The number of piperidine rings is 1. The number of carboxylic acid groups (broad SMARTS) is 1. The Bertz CT molecular complexity index is 1470. The van der Waals surface area contributed by atoms with Crippen molar-refractivity contribution in [2.45, 2.75) is 25.7 Å². The van der Waals surface area contributed by atoms with Gasteiger partial charge in [-0.2, -0.15) is 0 Å². The van der Waals surface area contributed by atoms with E-state index in [1.165, 1.54) is 18.3 Å². The molecule has 36 heavy (non-hydrogen) atoms. The number of fused-ring (bicyclic) bond motifs is 1. The minimum Gasteiger partial charge on any atom is -0.478 e. The van der Waals surface area contributed by atoms with Crippen molar-refractivity contribution in [2.24, 2.45) is 0 Å². The number of hydrogen-bond donors (Lipinski definition) is 2. The summed E-state index contributed by atoms with van der Waals surface area (Å²) in [6.07, 6.45) is 9.38. The normalized spacial score (nSPS) is 16.1. The summed E-state index contributed by atoms with van der Waals surface area (Å²) in [5.74, 6) is 0.656. The first-order chi connectivity index (χ1) is 17.4. The Morgan fingerprint density at radius 1 is 1.22 bits per heavy atom. The van der Waals surface area contributed by atoms with Crippen LogP contribution >= 0.6 is 11.6 Å². The highest BCUT2D eigenvalue weighted by atomic mass is 35.5. The molecule has 9 nitrogen and oxygen atoms in total. The van der Waals surface area contributed by atoms with E-state index >= 15 is 0 Å². The molecule has 0 aliphatic carbocycles. The number of anilines is 1. The number of carboxylic acids is 1. The summed E-state index contributed by atoms with van der Waals surface area (Å²) in [6.45, 7) is 3.94. The van der Waals surface area contributed by atoms with Gasteiger partial charge in [-0.25, -0.2) is 19.7 Å². The van der Waals surface area contributed by atoms with E-state index in [0.29, 0.717) is 22.5 Å². The zero-order valence-electron chi connectivity index (χ0n) is 19.6. The Balaban J connectivity index is 1.51. The average molecular weight is 505 g/mol. The summed E-state index contributed by atoms with van der Waals surface area (Å²) in [5.41, 5.74) is 9.03. The van der Waals surface area contributed by atoms with Gasteiger partial charge in [0.15, 0.2) is 0 Å². The molecule has 3 aromatic heterocycles. The van der Waals surface area contributed by atoms with Gasteiger partial charge in [0.1, 0.15) is 11.6 Å². The largest absolute Gasteiger partial charge is 0.478 e. The fourth-order valence-corrected chi connectivity index (χ4v) is 4.81. The van der Waals surface area contributed by atoms with E-state index in [0.717, 1.165) is 42.7 Å². The molecule has 0 amide bonds. The van der Waals surface area contributed by atoms with Crippen LogP contribution in [0.4, 0.5) is 5.95 Å². The Morgan fingerprint density at radius 3 is 2.83 bits per heavy atom. The molecule has 0 bridgehead atoms. The topological polar surface area (TPSA) is 119 Å². The van der Waals surface area contributed by atoms with Crippen LogP contribution in [0.25, 0.3) is 16.9 Å². The summed E-state index contributed by atoms with van der Waals surface area (Å²) in [5, 5.41) is 9.53. The predicted molar refractivity (Wildman–Crippen MR) is 137 cm³/mol. The zero-order chi connectivity index (χ0) is 25.2.